The molecule has 0 bridgehead atoms. The Morgan fingerprint density at radius 1 is 1.05 bits per heavy atom. The minimum atomic E-state index is -3.34. The normalized spacial score (nSPS) is 19.3. The van der Waals surface area contributed by atoms with Gasteiger partial charge in [-0.3, -0.25) is 18.7 Å². The minimum Gasteiger partial charge on any atom is -0.444 e. The summed E-state index contributed by atoms with van der Waals surface area (Å²) in [5.41, 5.74) is 1.18. The van der Waals surface area contributed by atoms with E-state index in [0.29, 0.717) is 48.6 Å². The van der Waals surface area contributed by atoms with E-state index in [1.165, 1.54) is 24.3 Å². The number of nitriles is 1. The van der Waals surface area contributed by atoms with Crippen LogP contribution in [0.15, 0.2) is 47.4 Å². The van der Waals surface area contributed by atoms with Gasteiger partial charge in [-0.05, 0) is 36.4 Å². The molecule has 2 aromatic rings. The van der Waals surface area contributed by atoms with Gasteiger partial charge in [0.25, 0.3) is 5.91 Å². The Morgan fingerprint density at radius 2 is 1.64 bits per heavy atom. The molecular weight excluding hydrogens is 522 g/mol. The average molecular weight is 556 g/mol. The molecule has 0 spiro atoms. The van der Waals surface area contributed by atoms with Crippen molar-refractivity contribution in [3.8, 4) is 6.07 Å². The van der Waals surface area contributed by atoms with Crippen molar-refractivity contribution in [1.29, 1.82) is 5.26 Å². The highest BCUT2D eigenvalue weighted by molar-refractivity contribution is 8.22. The quantitative estimate of drug-likeness (QED) is 0.431. The summed E-state index contributed by atoms with van der Waals surface area (Å²) in [5, 5.41) is 17.4. The first-order chi connectivity index (χ1) is 18.3. The highest BCUT2D eigenvalue weighted by atomic mass is 32.3. The second kappa shape index (κ2) is 10.9. The number of fused-ring (bicyclic) bond motifs is 1. The number of amides is 3. The van der Waals surface area contributed by atoms with Crippen molar-refractivity contribution < 1.29 is 28.2 Å². The summed E-state index contributed by atoms with van der Waals surface area (Å²) >= 11 is 0. The van der Waals surface area contributed by atoms with E-state index in [-0.39, 0.29) is 35.2 Å². The highest BCUT2D eigenvalue weighted by Gasteiger charge is 2.43. The van der Waals surface area contributed by atoms with Crippen molar-refractivity contribution in [2.75, 3.05) is 31.5 Å². The summed E-state index contributed by atoms with van der Waals surface area (Å²) in [7, 11) is -3.34. The second-order valence-electron chi connectivity index (χ2n) is 11.0. The van der Waals surface area contributed by atoms with Crippen LogP contribution >= 0.6 is 10.8 Å². The molecule has 0 aromatic heterocycles. The second-order valence-corrected chi connectivity index (χ2v) is 12.7. The van der Waals surface area contributed by atoms with Crippen LogP contribution < -0.4 is 10.5 Å². The number of benzene rings is 2. The van der Waals surface area contributed by atoms with Crippen LogP contribution in [0.4, 0.5) is 10.5 Å². The van der Waals surface area contributed by atoms with Gasteiger partial charge in [-0.25, -0.2) is 9.93 Å². The van der Waals surface area contributed by atoms with Crippen molar-refractivity contribution in [1.82, 2.24) is 9.80 Å². The standard InChI is InChI=1S/C27H33N5O6S/c1-27(2,3)25(34)30-23-10-17(11-28)4-5-19(23)16-38-26(35)32-14-20-12-31(13-21(20)15-32)24(33)18-6-8-22(9-7-18)39(29,36)37/h4-10,20-21,36-37H,12-16,29H2,1-3H3,(H,30,34). The largest absolute Gasteiger partial charge is 0.444 e. The topological polar surface area (TPSA) is 169 Å². The van der Waals surface area contributed by atoms with Gasteiger partial charge in [0.1, 0.15) is 6.61 Å². The van der Waals surface area contributed by atoms with Crippen molar-refractivity contribution in [3.63, 3.8) is 0 Å². The number of nitrogens with two attached hydrogens (primary N) is 1. The summed E-state index contributed by atoms with van der Waals surface area (Å²) in [6, 6.07) is 12.8. The SMILES string of the molecule is CC(C)(C)C(=O)Nc1cc(C#N)ccc1COC(=O)N1CC2CN(C(=O)c3ccc(S(N)(O)O)cc3)CC2C1. The molecule has 2 aliphatic heterocycles. The van der Waals surface area contributed by atoms with E-state index >= 15 is 0 Å². The Kier molecular flexibility index (Phi) is 7.90. The molecule has 2 aromatic carbocycles. The highest BCUT2D eigenvalue weighted by Crippen LogP contribution is 2.40. The Balaban J connectivity index is 1.33. The summed E-state index contributed by atoms with van der Waals surface area (Å²) in [6.45, 7) is 7.20. The Labute approximate surface area is 229 Å². The number of likely N-dealkylation sites (tertiary alicyclic amines) is 2. The van der Waals surface area contributed by atoms with Gasteiger partial charge in [0.15, 0.2) is 0 Å². The predicted molar refractivity (Wildman–Crippen MR) is 146 cm³/mol. The summed E-state index contributed by atoms with van der Waals surface area (Å²) in [4.78, 5) is 41.8. The fourth-order valence-electron chi connectivity index (χ4n) is 4.72. The lowest BCUT2D eigenvalue weighted by Crippen LogP contribution is -2.36. The first kappa shape index (κ1) is 28.4. The third kappa shape index (κ3) is 6.51. The molecule has 39 heavy (non-hydrogen) atoms. The lowest BCUT2D eigenvalue weighted by molar-refractivity contribution is -0.123. The van der Waals surface area contributed by atoms with Crippen LogP contribution in [0.2, 0.25) is 0 Å². The smallest absolute Gasteiger partial charge is 0.410 e. The Morgan fingerprint density at radius 3 is 2.18 bits per heavy atom. The molecule has 11 nitrogen and oxygen atoms in total. The molecule has 0 aliphatic carbocycles. The van der Waals surface area contributed by atoms with Gasteiger partial charge in [0.05, 0.1) is 16.5 Å². The van der Waals surface area contributed by atoms with E-state index in [9.17, 15) is 28.8 Å². The maximum atomic E-state index is 13.0. The van der Waals surface area contributed by atoms with Gasteiger partial charge in [-0.1, -0.05) is 26.8 Å². The fraction of sp³-hybridized carbons (Fsp3) is 0.407. The van der Waals surface area contributed by atoms with Gasteiger partial charge in [0, 0.05) is 60.2 Å². The number of nitrogens with zero attached hydrogens (tertiary/aromatic N) is 3. The number of hydrogen-bond donors (Lipinski definition) is 4. The first-order valence-electron chi connectivity index (χ1n) is 12.5. The van der Waals surface area contributed by atoms with Crippen molar-refractivity contribution in [2.45, 2.75) is 32.3 Å². The van der Waals surface area contributed by atoms with Crippen LogP contribution in [0.3, 0.4) is 0 Å². The molecule has 3 amide bonds. The molecule has 208 valence electrons. The van der Waals surface area contributed by atoms with Gasteiger partial charge in [0.2, 0.25) is 5.91 Å². The molecule has 2 aliphatic rings. The molecule has 2 atom stereocenters. The fourth-order valence-corrected chi connectivity index (χ4v) is 5.25. The summed E-state index contributed by atoms with van der Waals surface area (Å²) < 4.78 is 24.7. The third-order valence-corrected chi connectivity index (χ3v) is 7.97. The lowest BCUT2D eigenvalue weighted by atomic mass is 9.95. The van der Waals surface area contributed by atoms with Crippen LogP contribution in [0.1, 0.15) is 42.3 Å². The van der Waals surface area contributed by atoms with Crippen LogP contribution in [0.5, 0.6) is 0 Å². The number of nitrogens with one attached hydrogen (secondary N) is 1. The predicted octanol–water partition coefficient (Wildman–Crippen LogP) is 3.87. The number of anilines is 1. The monoisotopic (exact) mass is 555 g/mol. The number of carbonyl (C=O) groups is 3. The van der Waals surface area contributed by atoms with E-state index in [0.717, 1.165) is 0 Å². The molecule has 0 radical (unpaired) electrons. The molecule has 12 heteroatoms. The number of rotatable bonds is 5. The lowest BCUT2D eigenvalue weighted by Gasteiger charge is -2.26. The zero-order valence-corrected chi connectivity index (χ0v) is 22.9. The zero-order valence-electron chi connectivity index (χ0n) is 22.1. The van der Waals surface area contributed by atoms with Crippen LogP contribution in [0, 0.1) is 28.6 Å². The molecule has 5 N–H and O–H groups in total. The van der Waals surface area contributed by atoms with Gasteiger partial charge >= 0.3 is 6.09 Å². The average Bonchev–Trinajstić information content (AvgIpc) is 3.46. The van der Waals surface area contributed by atoms with Crippen molar-refractivity contribution >= 4 is 34.4 Å². The first-order valence-corrected chi connectivity index (χ1v) is 14.1. The maximum Gasteiger partial charge on any atom is 0.410 e. The molecule has 2 saturated heterocycles. The zero-order chi connectivity index (χ0) is 28.5. The van der Waals surface area contributed by atoms with Crippen molar-refractivity contribution in [2.24, 2.45) is 22.4 Å². The maximum absolute atomic E-state index is 13.0. The van der Waals surface area contributed by atoms with E-state index in [2.05, 4.69) is 5.32 Å². The molecular formula is C27H33N5O6S. The van der Waals surface area contributed by atoms with Crippen molar-refractivity contribution in [3.05, 3.63) is 59.2 Å². The Bertz CT molecular complexity index is 1300. The number of carbonyl (C=O) groups excluding carboxylic acids is 3. The minimum absolute atomic E-state index is 0.0653. The van der Waals surface area contributed by atoms with E-state index in [1.807, 2.05) is 6.07 Å². The van der Waals surface area contributed by atoms with Crippen LogP contribution in [-0.4, -0.2) is 63.0 Å². The van der Waals surface area contributed by atoms with E-state index in [1.54, 1.807) is 48.8 Å². The Hall–Kier alpha value is -3.63. The van der Waals surface area contributed by atoms with Gasteiger partial charge < -0.3 is 19.9 Å². The summed E-state index contributed by atoms with van der Waals surface area (Å²) in [6.07, 6.45) is -0.476. The van der Waals surface area contributed by atoms with Gasteiger partial charge in [-0.15, -0.1) is 10.8 Å². The number of hydrogen-bond acceptors (Lipinski definition) is 8. The third-order valence-electron chi connectivity index (χ3n) is 7.00. The molecule has 4 rings (SSSR count). The van der Waals surface area contributed by atoms with Crippen LogP contribution in [0.25, 0.3) is 0 Å². The van der Waals surface area contributed by atoms with Gasteiger partial charge in [-0.2, -0.15) is 5.26 Å². The molecule has 2 unspecified atom stereocenters. The summed E-state index contributed by atoms with van der Waals surface area (Å²) in [5.74, 6) is -0.145. The van der Waals surface area contributed by atoms with E-state index in [4.69, 9.17) is 9.88 Å². The molecule has 0 saturated carbocycles. The number of ether oxygens (including phenoxy) is 1. The molecule has 2 fully saturated rings. The van der Waals surface area contributed by atoms with E-state index < -0.39 is 22.3 Å². The molecule has 2 heterocycles. The van der Waals surface area contributed by atoms with Crippen LogP contribution in [-0.2, 0) is 16.1 Å².